The van der Waals surface area contributed by atoms with Crippen molar-refractivity contribution in [1.82, 2.24) is 0 Å². The van der Waals surface area contributed by atoms with Crippen LogP contribution in [-0.4, -0.2) is 34.0 Å². The van der Waals surface area contributed by atoms with Gasteiger partial charge in [0, 0.05) is 5.56 Å². The van der Waals surface area contributed by atoms with Crippen LogP contribution in [0.5, 0.6) is 0 Å². The molecular formula is C14H6F6O4. The number of benzene rings is 1. The van der Waals surface area contributed by atoms with E-state index < -0.39 is 57.7 Å². The number of carboxylic acid groups (broad SMARTS) is 2. The van der Waals surface area contributed by atoms with Crippen molar-refractivity contribution in [1.29, 1.82) is 0 Å². The maximum Gasteiger partial charge on any atom is 0.346 e. The van der Waals surface area contributed by atoms with Gasteiger partial charge in [0.2, 0.25) is 0 Å². The smallest absolute Gasteiger partial charge is 0.346 e. The monoisotopic (exact) mass is 352 g/mol. The Balaban J connectivity index is 2.75. The summed E-state index contributed by atoms with van der Waals surface area (Å²) in [7, 11) is 0. The van der Waals surface area contributed by atoms with Crippen LogP contribution >= 0.6 is 0 Å². The molecule has 0 saturated heterocycles. The van der Waals surface area contributed by atoms with E-state index >= 15 is 0 Å². The third-order valence-corrected chi connectivity index (χ3v) is 3.27. The molecular weight excluding hydrogens is 346 g/mol. The number of allylic oxidation sites excluding steroid dienone is 3. The van der Waals surface area contributed by atoms with Gasteiger partial charge in [0.05, 0.1) is 11.1 Å². The molecule has 0 aromatic heterocycles. The van der Waals surface area contributed by atoms with Crippen LogP contribution in [0.15, 0.2) is 35.7 Å². The zero-order chi connectivity index (χ0) is 18.4. The Hall–Kier alpha value is -2.78. The number of rotatable bonds is 3. The van der Waals surface area contributed by atoms with E-state index in [0.29, 0.717) is 12.1 Å². The van der Waals surface area contributed by atoms with E-state index in [2.05, 4.69) is 0 Å². The Bertz CT molecular complexity index is 809. The Kier molecular flexibility index (Phi) is 3.95. The van der Waals surface area contributed by atoms with Crippen LogP contribution < -0.4 is 0 Å². The fourth-order valence-electron chi connectivity index (χ4n) is 2.11. The average Bonchev–Trinajstić information content (AvgIpc) is 2.44. The lowest BCUT2D eigenvalue weighted by molar-refractivity contribution is -0.163. The largest absolute Gasteiger partial charge is 0.478 e. The van der Waals surface area contributed by atoms with Gasteiger partial charge in [-0.1, -0.05) is 6.07 Å². The summed E-state index contributed by atoms with van der Waals surface area (Å²) in [5.41, 5.74) is -6.23. The maximum absolute atomic E-state index is 14.0. The summed E-state index contributed by atoms with van der Waals surface area (Å²) in [5.74, 6) is -18.5. The van der Waals surface area contributed by atoms with Crippen molar-refractivity contribution in [3.05, 3.63) is 52.6 Å². The maximum atomic E-state index is 14.0. The third kappa shape index (κ3) is 2.43. The summed E-state index contributed by atoms with van der Waals surface area (Å²) in [6.07, 6.45) is -0.320. The highest BCUT2D eigenvalue weighted by Gasteiger charge is 2.66. The lowest BCUT2D eigenvalue weighted by Gasteiger charge is -2.32. The van der Waals surface area contributed by atoms with Crippen LogP contribution in [0, 0.1) is 5.82 Å². The molecule has 10 heteroatoms. The molecule has 4 nitrogen and oxygen atoms in total. The van der Waals surface area contributed by atoms with Crippen molar-refractivity contribution < 1.29 is 46.1 Å². The second kappa shape index (κ2) is 5.39. The third-order valence-electron chi connectivity index (χ3n) is 3.27. The Morgan fingerprint density at radius 3 is 1.96 bits per heavy atom. The first-order valence-corrected chi connectivity index (χ1v) is 6.05. The second-order valence-electron chi connectivity index (χ2n) is 4.73. The summed E-state index contributed by atoms with van der Waals surface area (Å²) in [6.45, 7) is 0. The number of alkyl halides is 4. The molecule has 0 unspecified atom stereocenters. The molecule has 1 aromatic carbocycles. The quantitative estimate of drug-likeness (QED) is 0.817. The lowest BCUT2D eigenvalue weighted by atomic mass is 9.85. The van der Waals surface area contributed by atoms with E-state index in [0.717, 1.165) is 0 Å². The van der Waals surface area contributed by atoms with Crippen molar-refractivity contribution >= 4 is 17.5 Å². The van der Waals surface area contributed by atoms with Crippen molar-refractivity contribution in [2.75, 3.05) is 0 Å². The topological polar surface area (TPSA) is 74.6 Å². The number of aromatic carboxylic acids is 1. The van der Waals surface area contributed by atoms with E-state index in [4.69, 9.17) is 10.2 Å². The van der Waals surface area contributed by atoms with Crippen molar-refractivity contribution in [3.63, 3.8) is 0 Å². The summed E-state index contributed by atoms with van der Waals surface area (Å²) in [5, 5.41) is 17.2. The number of halogens is 6. The molecule has 2 rings (SSSR count). The second-order valence-corrected chi connectivity index (χ2v) is 4.73. The molecule has 1 aromatic rings. The SMILES string of the molecule is O=C(O)C1=CC(F)=C(c2ccc(C(=O)O)cc2F)C(F)(F)C1(F)F. The average molecular weight is 352 g/mol. The van der Waals surface area contributed by atoms with Crippen LogP contribution in [0.2, 0.25) is 0 Å². The van der Waals surface area contributed by atoms with E-state index in [1.807, 2.05) is 0 Å². The van der Waals surface area contributed by atoms with Gasteiger partial charge in [0.25, 0.3) is 0 Å². The van der Waals surface area contributed by atoms with Crippen LogP contribution in [0.4, 0.5) is 26.3 Å². The molecule has 0 saturated carbocycles. The predicted molar refractivity (Wildman–Crippen MR) is 67.0 cm³/mol. The predicted octanol–water partition coefficient (Wildman–Crippen LogP) is 3.50. The first kappa shape index (κ1) is 17.6. The summed E-state index contributed by atoms with van der Waals surface area (Å²) >= 11 is 0. The molecule has 24 heavy (non-hydrogen) atoms. The molecule has 1 aliphatic carbocycles. The lowest BCUT2D eigenvalue weighted by Crippen LogP contribution is -2.47. The van der Waals surface area contributed by atoms with E-state index in [1.54, 1.807) is 0 Å². The molecule has 0 aliphatic heterocycles. The van der Waals surface area contributed by atoms with Crippen molar-refractivity contribution in [3.8, 4) is 0 Å². The first-order chi connectivity index (χ1) is 10.9. The summed E-state index contributed by atoms with van der Waals surface area (Å²) in [4.78, 5) is 21.3. The number of carboxylic acids is 2. The number of aliphatic carboxylic acids is 1. The standard InChI is InChI=1S/C14H6F6O4/c15-8-3-5(11(21)22)1-2-6(8)10-9(16)4-7(12(23)24)13(17,18)14(10,19)20/h1-4H,(H,21,22)(H,23,24). The van der Waals surface area contributed by atoms with Gasteiger partial charge in [-0.25, -0.2) is 18.4 Å². The first-order valence-electron chi connectivity index (χ1n) is 6.05. The molecule has 2 N–H and O–H groups in total. The van der Waals surface area contributed by atoms with E-state index in [1.165, 1.54) is 0 Å². The van der Waals surface area contributed by atoms with Crippen molar-refractivity contribution in [2.24, 2.45) is 0 Å². The summed E-state index contributed by atoms with van der Waals surface area (Å²) < 4.78 is 83.2. The number of hydrogen-bond acceptors (Lipinski definition) is 2. The molecule has 0 radical (unpaired) electrons. The molecule has 128 valence electrons. The van der Waals surface area contributed by atoms with Gasteiger partial charge in [-0.15, -0.1) is 0 Å². The van der Waals surface area contributed by atoms with Gasteiger partial charge in [-0.2, -0.15) is 17.6 Å². The highest BCUT2D eigenvalue weighted by atomic mass is 19.3. The zero-order valence-corrected chi connectivity index (χ0v) is 11.3. The van der Waals surface area contributed by atoms with Crippen LogP contribution in [0.25, 0.3) is 5.57 Å². The zero-order valence-electron chi connectivity index (χ0n) is 11.3. The number of carbonyl (C=O) groups is 2. The molecule has 0 heterocycles. The van der Waals surface area contributed by atoms with Gasteiger partial charge in [-0.05, 0) is 18.2 Å². The minimum atomic E-state index is -5.37. The van der Waals surface area contributed by atoms with E-state index in [9.17, 15) is 35.9 Å². The minimum Gasteiger partial charge on any atom is -0.478 e. The van der Waals surface area contributed by atoms with Crippen molar-refractivity contribution in [2.45, 2.75) is 11.8 Å². The Morgan fingerprint density at radius 1 is 0.917 bits per heavy atom. The Labute approximate surface area is 129 Å². The molecule has 0 bridgehead atoms. The fraction of sp³-hybridized carbons (Fsp3) is 0.143. The van der Waals surface area contributed by atoms with Crippen LogP contribution in [-0.2, 0) is 4.79 Å². The molecule has 0 fully saturated rings. The van der Waals surface area contributed by atoms with Gasteiger partial charge < -0.3 is 10.2 Å². The van der Waals surface area contributed by atoms with Gasteiger partial charge in [-0.3, -0.25) is 0 Å². The normalized spacial score (nSPS) is 19.0. The van der Waals surface area contributed by atoms with Gasteiger partial charge in [0.15, 0.2) is 0 Å². The fourth-order valence-corrected chi connectivity index (χ4v) is 2.11. The van der Waals surface area contributed by atoms with Crippen LogP contribution in [0.1, 0.15) is 15.9 Å². The summed E-state index contributed by atoms with van der Waals surface area (Å²) in [6, 6.07) is 1.27. The van der Waals surface area contributed by atoms with Crippen LogP contribution in [0.3, 0.4) is 0 Å². The highest BCUT2D eigenvalue weighted by Crippen LogP contribution is 2.53. The molecule has 0 spiro atoms. The van der Waals surface area contributed by atoms with Gasteiger partial charge >= 0.3 is 23.8 Å². The minimum absolute atomic E-state index is 0.253. The molecule has 0 atom stereocenters. The Morgan fingerprint density at radius 2 is 1.50 bits per heavy atom. The highest BCUT2D eigenvalue weighted by molar-refractivity contribution is 5.94. The number of hydrogen-bond donors (Lipinski definition) is 2. The molecule has 1 aliphatic rings. The van der Waals surface area contributed by atoms with Gasteiger partial charge in [0.1, 0.15) is 17.2 Å². The molecule has 0 amide bonds. The van der Waals surface area contributed by atoms with E-state index in [-0.39, 0.29) is 12.1 Å².